The van der Waals surface area contributed by atoms with Crippen molar-refractivity contribution in [1.29, 1.82) is 5.26 Å². The van der Waals surface area contributed by atoms with Gasteiger partial charge in [-0.1, -0.05) is 12.1 Å². The third kappa shape index (κ3) is 3.21. The van der Waals surface area contributed by atoms with Crippen LogP contribution in [0.4, 0.5) is 5.69 Å². The van der Waals surface area contributed by atoms with Gasteiger partial charge in [0.2, 0.25) is 0 Å². The molecule has 6 nitrogen and oxygen atoms in total. The Hall–Kier alpha value is -1.97. The fourth-order valence-electron chi connectivity index (χ4n) is 3.77. The van der Waals surface area contributed by atoms with E-state index in [0.29, 0.717) is 6.04 Å². The molecule has 122 valence electrons. The van der Waals surface area contributed by atoms with Gasteiger partial charge in [0.05, 0.1) is 29.6 Å². The monoisotopic (exact) mass is 315 g/mol. The molecule has 1 aromatic rings. The van der Waals surface area contributed by atoms with E-state index in [9.17, 15) is 15.4 Å². The highest BCUT2D eigenvalue weighted by molar-refractivity contribution is 5.40. The quantitative estimate of drug-likeness (QED) is 0.633. The highest BCUT2D eigenvalue weighted by Gasteiger charge is 2.39. The minimum absolute atomic E-state index is 0.0730. The van der Waals surface area contributed by atoms with Crippen LogP contribution in [0, 0.1) is 21.4 Å². The van der Waals surface area contributed by atoms with Gasteiger partial charge in [0.15, 0.2) is 0 Å². The van der Waals surface area contributed by atoms with Crippen LogP contribution in [0.2, 0.25) is 0 Å². The van der Waals surface area contributed by atoms with Crippen LogP contribution in [0.3, 0.4) is 0 Å². The number of hydrogen-bond acceptors (Lipinski definition) is 5. The van der Waals surface area contributed by atoms with E-state index in [1.165, 1.54) is 12.1 Å². The molecule has 2 fully saturated rings. The van der Waals surface area contributed by atoms with E-state index in [0.717, 1.165) is 57.6 Å². The molecular weight excluding hydrogens is 294 g/mol. The van der Waals surface area contributed by atoms with E-state index in [1.807, 2.05) is 0 Å². The maximum absolute atomic E-state index is 10.8. The van der Waals surface area contributed by atoms with Crippen molar-refractivity contribution >= 4 is 5.69 Å². The third-order valence-corrected chi connectivity index (χ3v) is 5.22. The van der Waals surface area contributed by atoms with Crippen LogP contribution in [0.1, 0.15) is 31.2 Å². The molecule has 1 aliphatic carbocycles. The smallest absolute Gasteiger partial charge is 0.269 e. The summed E-state index contributed by atoms with van der Waals surface area (Å²) in [6, 6.07) is 9.52. The van der Waals surface area contributed by atoms with Crippen molar-refractivity contribution < 1.29 is 9.66 Å². The Balaban J connectivity index is 1.71. The number of hydrogen-bond donors (Lipinski definition) is 0. The van der Waals surface area contributed by atoms with Crippen molar-refractivity contribution in [2.45, 2.75) is 37.1 Å². The minimum atomic E-state index is -0.502. The second-order valence-electron chi connectivity index (χ2n) is 6.38. The summed E-state index contributed by atoms with van der Waals surface area (Å²) in [4.78, 5) is 12.8. The maximum Gasteiger partial charge on any atom is 0.269 e. The van der Waals surface area contributed by atoms with Gasteiger partial charge in [-0.3, -0.25) is 15.0 Å². The number of nitro benzene ring substituents is 1. The first kappa shape index (κ1) is 15.9. The number of non-ortho nitro benzene ring substituents is 1. The summed E-state index contributed by atoms with van der Waals surface area (Å²) < 4.78 is 5.40. The van der Waals surface area contributed by atoms with Gasteiger partial charge in [-0.25, -0.2) is 0 Å². The number of nitro groups is 1. The van der Waals surface area contributed by atoms with Crippen LogP contribution in [-0.4, -0.2) is 42.2 Å². The number of benzene rings is 1. The van der Waals surface area contributed by atoms with E-state index in [1.54, 1.807) is 12.1 Å². The summed E-state index contributed by atoms with van der Waals surface area (Å²) in [6.07, 6.45) is 3.60. The Bertz CT molecular complexity index is 595. The van der Waals surface area contributed by atoms with Crippen molar-refractivity contribution in [3.8, 4) is 6.07 Å². The molecule has 0 aromatic heterocycles. The largest absolute Gasteiger partial charge is 0.379 e. The Morgan fingerprint density at radius 2 is 1.83 bits per heavy atom. The van der Waals surface area contributed by atoms with Gasteiger partial charge in [-0.2, -0.15) is 5.26 Å². The van der Waals surface area contributed by atoms with Crippen molar-refractivity contribution in [3.63, 3.8) is 0 Å². The Labute approximate surface area is 135 Å². The molecule has 0 amide bonds. The summed E-state index contributed by atoms with van der Waals surface area (Å²) in [5, 5.41) is 20.5. The number of nitriles is 1. The lowest BCUT2D eigenvalue weighted by atomic mass is 9.69. The molecule has 0 unspecified atom stereocenters. The molecule has 0 atom stereocenters. The molecule has 1 saturated carbocycles. The fourth-order valence-corrected chi connectivity index (χ4v) is 3.77. The molecule has 0 bridgehead atoms. The van der Waals surface area contributed by atoms with Crippen molar-refractivity contribution in [2.24, 2.45) is 0 Å². The first-order chi connectivity index (χ1) is 11.1. The molecule has 3 rings (SSSR count). The minimum Gasteiger partial charge on any atom is -0.379 e. The second-order valence-corrected chi connectivity index (χ2v) is 6.38. The lowest BCUT2D eigenvalue weighted by Crippen LogP contribution is -2.47. The molecule has 1 aromatic carbocycles. The lowest BCUT2D eigenvalue weighted by Gasteiger charge is -2.41. The van der Waals surface area contributed by atoms with Gasteiger partial charge in [-0.15, -0.1) is 0 Å². The predicted molar refractivity (Wildman–Crippen MR) is 85.0 cm³/mol. The van der Waals surface area contributed by atoms with Crippen LogP contribution in [0.5, 0.6) is 0 Å². The van der Waals surface area contributed by atoms with E-state index in [-0.39, 0.29) is 5.69 Å². The third-order valence-electron chi connectivity index (χ3n) is 5.22. The van der Waals surface area contributed by atoms with Gasteiger partial charge in [0.1, 0.15) is 0 Å². The van der Waals surface area contributed by atoms with Crippen LogP contribution in [0.15, 0.2) is 24.3 Å². The zero-order chi connectivity index (χ0) is 16.3. The van der Waals surface area contributed by atoms with Crippen molar-refractivity contribution in [2.75, 3.05) is 26.3 Å². The molecule has 1 heterocycles. The number of rotatable bonds is 3. The Morgan fingerprint density at radius 3 is 2.35 bits per heavy atom. The highest BCUT2D eigenvalue weighted by Crippen LogP contribution is 2.40. The Morgan fingerprint density at radius 1 is 1.22 bits per heavy atom. The zero-order valence-electron chi connectivity index (χ0n) is 13.1. The summed E-state index contributed by atoms with van der Waals surface area (Å²) in [7, 11) is 0. The molecule has 1 saturated heterocycles. The fraction of sp³-hybridized carbons (Fsp3) is 0.588. The Kier molecular flexibility index (Phi) is 4.60. The average molecular weight is 315 g/mol. The van der Waals surface area contributed by atoms with E-state index in [2.05, 4.69) is 11.0 Å². The molecule has 0 radical (unpaired) electrons. The SMILES string of the molecule is N#CC1(c2ccc([N+](=O)[O-])cc2)CCC(N2CCOCC2)CC1. The first-order valence-electron chi connectivity index (χ1n) is 8.13. The van der Waals surface area contributed by atoms with Gasteiger partial charge in [-0.05, 0) is 31.2 Å². The van der Waals surface area contributed by atoms with Gasteiger partial charge >= 0.3 is 0 Å². The molecule has 0 spiro atoms. The zero-order valence-corrected chi connectivity index (χ0v) is 13.1. The lowest BCUT2D eigenvalue weighted by molar-refractivity contribution is -0.384. The molecule has 6 heteroatoms. The predicted octanol–water partition coefficient (Wildman–Crippen LogP) is 2.63. The van der Waals surface area contributed by atoms with Crippen LogP contribution in [-0.2, 0) is 10.2 Å². The van der Waals surface area contributed by atoms with Crippen LogP contribution >= 0.6 is 0 Å². The normalized spacial score (nSPS) is 28.9. The van der Waals surface area contributed by atoms with Gasteiger partial charge in [0.25, 0.3) is 5.69 Å². The van der Waals surface area contributed by atoms with Crippen molar-refractivity contribution in [3.05, 3.63) is 39.9 Å². The molecule has 1 aliphatic heterocycles. The summed E-state index contributed by atoms with van der Waals surface area (Å²) in [5.41, 5.74) is 0.479. The molecule has 0 N–H and O–H groups in total. The summed E-state index contributed by atoms with van der Waals surface area (Å²) in [6.45, 7) is 3.54. The van der Waals surface area contributed by atoms with Gasteiger partial charge < -0.3 is 4.74 Å². The topological polar surface area (TPSA) is 79.4 Å². The van der Waals surface area contributed by atoms with Gasteiger partial charge in [0, 0.05) is 31.3 Å². The standard InChI is InChI=1S/C17H21N3O3/c18-13-17(14-1-3-16(4-2-14)20(21)22)7-5-15(6-8-17)19-9-11-23-12-10-19/h1-4,15H,5-12H2. The molecule has 23 heavy (non-hydrogen) atoms. The number of morpholine rings is 1. The van der Waals surface area contributed by atoms with Crippen LogP contribution < -0.4 is 0 Å². The highest BCUT2D eigenvalue weighted by atomic mass is 16.6. The summed E-state index contributed by atoms with van der Waals surface area (Å²) in [5.74, 6) is 0. The van der Waals surface area contributed by atoms with E-state index < -0.39 is 10.3 Å². The second kappa shape index (κ2) is 6.65. The van der Waals surface area contributed by atoms with Crippen LogP contribution in [0.25, 0.3) is 0 Å². The molecular formula is C17H21N3O3. The maximum atomic E-state index is 10.8. The van der Waals surface area contributed by atoms with E-state index in [4.69, 9.17) is 4.74 Å². The average Bonchev–Trinajstić information content (AvgIpc) is 2.62. The number of ether oxygens (including phenoxy) is 1. The number of nitrogens with zero attached hydrogens (tertiary/aromatic N) is 3. The van der Waals surface area contributed by atoms with E-state index >= 15 is 0 Å². The summed E-state index contributed by atoms with van der Waals surface area (Å²) >= 11 is 0. The molecule has 2 aliphatic rings. The van der Waals surface area contributed by atoms with Crippen molar-refractivity contribution in [1.82, 2.24) is 4.90 Å². The first-order valence-corrected chi connectivity index (χ1v) is 8.13.